The first-order chi connectivity index (χ1) is 16.9. The highest BCUT2D eigenvalue weighted by Gasteiger charge is 2.31. The van der Waals surface area contributed by atoms with Crippen LogP contribution in [0.2, 0.25) is 0 Å². The number of benzene rings is 2. The van der Waals surface area contributed by atoms with Crippen LogP contribution < -0.4 is 10.2 Å². The zero-order valence-electron chi connectivity index (χ0n) is 21.5. The van der Waals surface area contributed by atoms with Crippen molar-refractivity contribution < 1.29 is 4.79 Å². The molecule has 2 aliphatic heterocycles. The number of carbonyl (C=O) groups is 1. The molecule has 2 fully saturated rings. The molecule has 0 atom stereocenters. The number of rotatable bonds is 4. The molecule has 0 unspecified atom stereocenters. The SMILES string of the molecule is Cc1ccc(N2CCN(C(=O)c3cnn(-c4ccc(C)cc4C)c3C3CCNCC3)CC2)c(C)c1. The monoisotopic (exact) mass is 471 g/mol. The highest BCUT2D eigenvalue weighted by atomic mass is 16.2. The molecule has 0 radical (unpaired) electrons. The van der Waals surface area contributed by atoms with Gasteiger partial charge in [-0.1, -0.05) is 35.4 Å². The fraction of sp³-hybridized carbons (Fsp3) is 0.448. The van der Waals surface area contributed by atoms with Crippen molar-refractivity contribution in [3.05, 3.63) is 76.1 Å². The van der Waals surface area contributed by atoms with E-state index in [4.69, 9.17) is 5.10 Å². The van der Waals surface area contributed by atoms with Gasteiger partial charge >= 0.3 is 0 Å². The molecule has 6 nitrogen and oxygen atoms in total. The summed E-state index contributed by atoms with van der Waals surface area (Å²) in [6.45, 7) is 13.7. The number of hydrogen-bond donors (Lipinski definition) is 1. The lowest BCUT2D eigenvalue weighted by molar-refractivity contribution is 0.0744. The number of hydrogen-bond acceptors (Lipinski definition) is 4. The van der Waals surface area contributed by atoms with E-state index in [0.29, 0.717) is 5.92 Å². The highest BCUT2D eigenvalue weighted by Crippen LogP contribution is 2.32. The Balaban J connectivity index is 1.41. The van der Waals surface area contributed by atoms with E-state index >= 15 is 0 Å². The van der Waals surface area contributed by atoms with Crippen LogP contribution in [0.5, 0.6) is 0 Å². The third-order valence-electron chi connectivity index (χ3n) is 7.60. The summed E-state index contributed by atoms with van der Waals surface area (Å²) in [6, 6.07) is 13.1. The molecule has 5 rings (SSSR count). The lowest BCUT2D eigenvalue weighted by Crippen LogP contribution is -2.49. The minimum Gasteiger partial charge on any atom is -0.368 e. The first-order valence-corrected chi connectivity index (χ1v) is 12.9. The van der Waals surface area contributed by atoms with E-state index in [-0.39, 0.29) is 5.91 Å². The van der Waals surface area contributed by atoms with Gasteiger partial charge in [0.05, 0.1) is 23.1 Å². The molecular weight excluding hydrogens is 434 g/mol. The molecule has 184 valence electrons. The average Bonchev–Trinajstić information content (AvgIpc) is 3.29. The van der Waals surface area contributed by atoms with Crippen molar-refractivity contribution in [2.75, 3.05) is 44.2 Å². The normalized spacial score (nSPS) is 17.1. The molecular formula is C29H37N5O. The molecule has 3 heterocycles. The fourth-order valence-electron chi connectivity index (χ4n) is 5.73. The summed E-state index contributed by atoms with van der Waals surface area (Å²) in [5.74, 6) is 0.449. The molecule has 0 aliphatic carbocycles. The molecule has 6 heteroatoms. The molecule has 35 heavy (non-hydrogen) atoms. The van der Waals surface area contributed by atoms with Gasteiger partial charge in [-0.2, -0.15) is 5.10 Å². The molecule has 1 N–H and O–H groups in total. The van der Waals surface area contributed by atoms with E-state index in [9.17, 15) is 4.79 Å². The second-order valence-corrected chi connectivity index (χ2v) is 10.2. The lowest BCUT2D eigenvalue weighted by Gasteiger charge is -2.37. The third kappa shape index (κ3) is 4.72. The summed E-state index contributed by atoms with van der Waals surface area (Å²) < 4.78 is 2.05. The van der Waals surface area contributed by atoms with E-state index < -0.39 is 0 Å². The van der Waals surface area contributed by atoms with Gasteiger partial charge in [0, 0.05) is 37.8 Å². The summed E-state index contributed by atoms with van der Waals surface area (Å²) in [5.41, 5.74) is 9.21. The van der Waals surface area contributed by atoms with Gasteiger partial charge in [0.15, 0.2) is 0 Å². The van der Waals surface area contributed by atoms with Gasteiger partial charge in [0.1, 0.15) is 0 Å². The van der Waals surface area contributed by atoms with Crippen molar-refractivity contribution in [1.29, 1.82) is 0 Å². The second kappa shape index (κ2) is 9.86. The van der Waals surface area contributed by atoms with Crippen molar-refractivity contribution in [1.82, 2.24) is 20.0 Å². The average molecular weight is 472 g/mol. The number of nitrogens with one attached hydrogen (secondary N) is 1. The number of anilines is 1. The summed E-state index contributed by atoms with van der Waals surface area (Å²) in [6.07, 6.45) is 3.87. The van der Waals surface area contributed by atoms with Crippen molar-refractivity contribution in [3.8, 4) is 5.69 Å². The van der Waals surface area contributed by atoms with Crippen molar-refractivity contribution in [2.45, 2.75) is 46.5 Å². The smallest absolute Gasteiger partial charge is 0.257 e. The first kappa shape index (κ1) is 23.6. The van der Waals surface area contributed by atoms with E-state index in [2.05, 4.69) is 74.3 Å². The Morgan fingerprint density at radius 1 is 0.857 bits per heavy atom. The zero-order chi connectivity index (χ0) is 24.5. The number of piperazine rings is 1. The summed E-state index contributed by atoms with van der Waals surface area (Å²) in [7, 11) is 0. The Morgan fingerprint density at radius 3 is 2.06 bits per heavy atom. The second-order valence-electron chi connectivity index (χ2n) is 10.2. The van der Waals surface area contributed by atoms with E-state index in [1.54, 1.807) is 0 Å². The molecule has 1 aromatic heterocycles. The van der Waals surface area contributed by atoms with E-state index in [0.717, 1.165) is 69.1 Å². The van der Waals surface area contributed by atoms with Gasteiger partial charge in [0.25, 0.3) is 5.91 Å². The van der Waals surface area contributed by atoms with Crippen LogP contribution in [-0.4, -0.2) is 59.9 Å². The number of amides is 1. The Morgan fingerprint density at radius 2 is 1.46 bits per heavy atom. The number of aromatic nitrogens is 2. The Bertz CT molecular complexity index is 1220. The molecule has 3 aromatic rings. The van der Waals surface area contributed by atoms with Gasteiger partial charge < -0.3 is 15.1 Å². The van der Waals surface area contributed by atoms with Gasteiger partial charge in [-0.25, -0.2) is 4.68 Å². The van der Waals surface area contributed by atoms with Crippen molar-refractivity contribution in [2.24, 2.45) is 0 Å². The maximum Gasteiger partial charge on any atom is 0.257 e. The van der Waals surface area contributed by atoms with Crippen LogP contribution in [0.3, 0.4) is 0 Å². The molecule has 2 saturated heterocycles. The molecule has 0 spiro atoms. The van der Waals surface area contributed by atoms with Gasteiger partial charge in [-0.05, 0) is 76.9 Å². The van der Waals surface area contributed by atoms with Crippen LogP contribution in [0.4, 0.5) is 5.69 Å². The van der Waals surface area contributed by atoms with E-state index in [1.165, 1.54) is 27.9 Å². The van der Waals surface area contributed by atoms with Gasteiger partial charge in [0.2, 0.25) is 0 Å². The Kier molecular flexibility index (Phi) is 6.65. The van der Waals surface area contributed by atoms with Crippen LogP contribution in [0.1, 0.15) is 57.1 Å². The quantitative estimate of drug-likeness (QED) is 0.607. The maximum absolute atomic E-state index is 13.8. The lowest BCUT2D eigenvalue weighted by atomic mass is 9.91. The summed E-state index contributed by atoms with van der Waals surface area (Å²) >= 11 is 0. The topological polar surface area (TPSA) is 53.4 Å². The molecule has 2 aliphatic rings. The maximum atomic E-state index is 13.8. The fourth-order valence-corrected chi connectivity index (χ4v) is 5.73. The Labute approximate surface area is 208 Å². The van der Waals surface area contributed by atoms with Crippen LogP contribution in [0.25, 0.3) is 5.69 Å². The third-order valence-corrected chi connectivity index (χ3v) is 7.60. The molecule has 0 saturated carbocycles. The summed E-state index contributed by atoms with van der Waals surface area (Å²) in [5, 5.41) is 8.25. The van der Waals surface area contributed by atoms with Crippen LogP contribution in [0.15, 0.2) is 42.6 Å². The minimum atomic E-state index is 0.120. The van der Waals surface area contributed by atoms with Crippen LogP contribution >= 0.6 is 0 Å². The van der Waals surface area contributed by atoms with E-state index in [1.807, 2.05) is 15.8 Å². The van der Waals surface area contributed by atoms with Crippen LogP contribution in [-0.2, 0) is 0 Å². The largest absolute Gasteiger partial charge is 0.368 e. The standard InChI is InChI=1S/C29H37N5O/c1-20-5-7-26(22(3)17-20)32-13-15-33(16-14-32)29(35)25-19-31-34(27-8-6-21(2)18-23(27)4)28(25)24-9-11-30-12-10-24/h5-8,17-19,24,30H,9-16H2,1-4H3. The zero-order valence-corrected chi connectivity index (χ0v) is 21.5. The number of carbonyl (C=O) groups excluding carboxylic acids is 1. The van der Waals surface area contributed by atoms with Crippen LogP contribution in [0, 0.1) is 27.7 Å². The highest BCUT2D eigenvalue weighted by molar-refractivity contribution is 5.95. The first-order valence-electron chi connectivity index (χ1n) is 12.9. The van der Waals surface area contributed by atoms with Gasteiger partial charge in [-0.15, -0.1) is 0 Å². The molecule has 0 bridgehead atoms. The van der Waals surface area contributed by atoms with Crippen molar-refractivity contribution in [3.63, 3.8) is 0 Å². The predicted octanol–water partition coefficient (Wildman–Crippen LogP) is 4.54. The van der Waals surface area contributed by atoms with Gasteiger partial charge in [-0.3, -0.25) is 4.79 Å². The predicted molar refractivity (Wildman–Crippen MR) is 142 cm³/mol. The number of piperidine rings is 1. The van der Waals surface area contributed by atoms with Crippen molar-refractivity contribution >= 4 is 11.6 Å². The Hall–Kier alpha value is -3.12. The number of nitrogens with zero attached hydrogens (tertiary/aromatic N) is 4. The molecule has 2 aromatic carbocycles. The minimum absolute atomic E-state index is 0.120. The summed E-state index contributed by atoms with van der Waals surface area (Å²) in [4.78, 5) is 18.3. The number of aryl methyl sites for hydroxylation is 4. The molecule has 1 amide bonds.